The molecule has 2 aliphatic heterocycles. The van der Waals surface area contributed by atoms with Crippen LogP contribution in [0.2, 0.25) is 0 Å². The second-order valence-corrected chi connectivity index (χ2v) is 24.3. The van der Waals surface area contributed by atoms with Gasteiger partial charge in [0, 0.05) is 151 Å². The third-order valence-corrected chi connectivity index (χ3v) is 19.7. The predicted octanol–water partition coefficient (Wildman–Crippen LogP) is 8.88. The molecule has 14 rings (SSSR count). The Morgan fingerprint density at radius 1 is 0.571 bits per heavy atom. The fourth-order valence-corrected chi connectivity index (χ4v) is 15.1. The van der Waals surface area contributed by atoms with E-state index in [1.165, 1.54) is 122 Å². The lowest BCUT2D eigenvalue weighted by Gasteiger charge is -2.58. The fourth-order valence-electron chi connectivity index (χ4n) is 15.1. The molecule has 17 heteroatoms. The second kappa shape index (κ2) is 22.3. The molecule has 0 unspecified atom stereocenters. The summed E-state index contributed by atoms with van der Waals surface area (Å²) in [6, 6.07) is 4.43. The number of anilines is 2. The van der Waals surface area contributed by atoms with Crippen LogP contribution < -0.4 is 15.1 Å². The van der Waals surface area contributed by atoms with Gasteiger partial charge >= 0.3 is 0 Å². The Kier molecular flexibility index (Phi) is 15.7. The summed E-state index contributed by atoms with van der Waals surface area (Å²) in [7, 11) is 3.94. The minimum Gasteiger partial charge on any atom is -0.380 e. The molecule has 6 aromatic heterocycles. The lowest BCUT2D eigenvalue weighted by atomic mass is 9.56. The van der Waals surface area contributed by atoms with Crippen LogP contribution in [0.5, 0.6) is 0 Å². The van der Waals surface area contributed by atoms with Crippen molar-refractivity contribution >= 4 is 33.4 Å². The van der Waals surface area contributed by atoms with Crippen LogP contribution >= 0.6 is 0 Å². The van der Waals surface area contributed by atoms with Gasteiger partial charge < -0.3 is 29.3 Å². The summed E-state index contributed by atoms with van der Waals surface area (Å²) in [5, 5.41) is 25.4. The molecular weight excluding hydrogens is 965 g/mol. The largest absolute Gasteiger partial charge is 0.380 e. The van der Waals surface area contributed by atoms with Crippen molar-refractivity contribution in [3.05, 3.63) is 69.8 Å². The van der Waals surface area contributed by atoms with E-state index in [4.69, 9.17) is 34.4 Å². The quantitative estimate of drug-likeness (QED) is 0.0728. The molecule has 0 radical (unpaired) electrons. The van der Waals surface area contributed by atoms with Crippen LogP contribution in [0.4, 0.5) is 11.4 Å². The first-order chi connectivity index (χ1) is 37.3. The third-order valence-electron chi connectivity index (χ3n) is 19.7. The Hall–Kier alpha value is -4.94. The van der Waals surface area contributed by atoms with Gasteiger partial charge in [0.2, 0.25) is 0 Å². The number of ether oxygens (including phenoxy) is 3. The number of pyridine rings is 2. The van der Waals surface area contributed by atoms with Crippen molar-refractivity contribution in [2.24, 2.45) is 24.9 Å². The van der Waals surface area contributed by atoms with Gasteiger partial charge in [0.25, 0.3) is 0 Å². The minimum absolute atomic E-state index is 0.316. The summed E-state index contributed by atoms with van der Waals surface area (Å²) in [5.74, 6) is 0. The number of nitrogens with zero attached hydrogens (tertiary/aromatic N) is 13. The van der Waals surface area contributed by atoms with Crippen LogP contribution in [0.15, 0.2) is 24.5 Å². The normalized spacial score (nSPS) is 24.8. The van der Waals surface area contributed by atoms with Gasteiger partial charge in [0.1, 0.15) is 0 Å². The van der Waals surface area contributed by atoms with Gasteiger partial charge in [-0.2, -0.15) is 20.4 Å². The van der Waals surface area contributed by atoms with Crippen LogP contribution in [0.25, 0.3) is 22.1 Å². The van der Waals surface area contributed by atoms with Crippen molar-refractivity contribution in [2.45, 2.75) is 176 Å². The molecule has 8 heterocycles. The zero-order chi connectivity index (χ0) is 53.5. The van der Waals surface area contributed by atoms with Gasteiger partial charge in [0.15, 0.2) is 11.3 Å². The van der Waals surface area contributed by atoms with E-state index in [1.54, 1.807) is 0 Å². The van der Waals surface area contributed by atoms with Crippen LogP contribution in [0, 0.1) is 38.5 Å². The molecular formula is C60H90N14O3. The molecule has 0 saturated heterocycles. The zero-order valence-corrected chi connectivity index (χ0v) is 48.4. The summed E-state index contributed by atoms with van der Waals surface area (Å²) in [5.41, 5.74) is 16.1. The number of hydrogen-bond donors (Lipinski definition) is 1. The Morgan fingerprint density at radius 2 is 1.00 bits per heavy atom. The molecule has 8 aliphatic rings. The average molecular weight is 1060 g/mol. The Labute approximate surface area is 457 Å². The lowest BCUT2D eigenvalue weighted by Crippen LogP contribution is -2.59. The van der Waals surface area contributed by atoms with Gasteiger partial charge in [-0.3, -0.25) is 23.6 Å². The molecule has 6 saturated carbocycles. The summed E-state index contributed by atoms with van der Waals surface area (Å²) < 4.78 is 25.7. The first-order valence-corrected chi connectivity index (χ1v) is 29.7. The number of fused-ring (bicyclic) bond motifs is 10. The highest BCUT2D eigenvalue weighted by atomic mass is 16.5. The van der Waals surface area contributed by atoms with E-state index in [9.17, 15) is 0 Å². The van der Waals surface area contributed by atoms with E-state index in [1.807, 2.05) is 35.9 Å². The van der Waals surface area contributed by atoms with E-state index in [-0.39, 0.29) is 0 Å². The number of hydrogen-bond acceptors (Lipinski definition) is 13. The number of aryl methyl sites for hydroxylation is 6. The van der Waals surface area contributed by atoms with E-state index in [0.717, 1.165) is 145 Å². The molecule has 0 amide bonds. The van der Waals surface area contributed by atoms with E-state index in [2.05, 4.69) is 100 Å². The number of aromatic nitrogens is 10. The molecule has 418 valence electrons. The molecule has 1 N–H and O–H groups in total. The number of rotatable bonds is 20. The molecule has 17 nitrogen and oxygen atoms in total. The molecule has 0 aromatic carbocycles. The summed E-state index contributed by atoms with van der Waals surface area (Å²) >= 11 is 0. The maximum atomic E-state index is 5.78. The highest BCUT2D eigenvalue weighted by Crippen LogP contribution is 2.56. The second-order valence-electron chi connectivity index (χ2n) is 24.3. The Morgan fingerprint density at radius 3 is 1.44 bits per heavy atom. The van der Waals surface area contributed by atoms with Gasteiger partial charge in [-0.05, 0) is 148 Å². The first kappa shape index (κ1) is 54.0. The van der Waals surface area contributed by atoms with E-state index < -0.39 is 0 Å². The van der Waals surface area contributed by atoms with Gasteiger partial charge in [-0.1, -0.05) is 0 Å². The van der Waals surface area contributed by atoms with Crippen molar-refractivity contribution < 1.29 is 14.2 Å². The maximum Gasteiger partial charge on any atom is 0.159 e. The molecule has 0 spiro atoms. The van der Waals surface area contributed by atoms with Crippen LogP contribution in [0.1, 0.15) is 143 Å². The summed E-state index contributed by atoms with van der Waals surface area (Å²) in [6.07, 6.45) is 21.5. The molecule has 77 heavy (non-hydrogen) atoms. The van der Waals surface area contributed by atoms with Gasteiger partial charge in [0.05, 0.1) is 65.7 Å². The Bertz CT molecular complexity index is 2960. The SMILES string of the molecule is CCOCCN(CCOCC)C12CCC(Cn3nc(C)c4c3CCN(c3cc(C)nc5c3cnn5C)C4)(CC1)CC2.CCOCCNC12CCC(Cn3nc(C)c4c3CCN(c3cc(C)nc5c3cnn5C)C4)(CC1)CC2. The zero-order valence-electron chi connectivity index (χ0n) is 48.4. The van der Waals surface area contributed by atoms with Gasteiger partial charge in [-0.15, -0.1) is 0 Å². The van der Waals surface area contributed by atoms with Crippen LogP contribution in [0.3, 0.4) is 0 Å². The molecule has 6 fully saturated rings. The predicted molar refractivity (Wildman–Crippen MR) is 305 cm³/mol. The van der Waals surface area contributed by atoms with E-state index in [0.29, 0.717) is 21.9 Å². The molecule has 4 bridgehead atoms. The van der Waals surface area contributed by atoms with Crippen LogP contribution in [-0.2, 0) is 67.3 Å². The molecule has 6 aromatic rings. The highest BCUT2D eigenvalue weighted by molar-refractivity contribution is 5.90. The van der Waals surface area contributed by atoms with Crippen molar-refractivity contribution in [3.8, 4) is 0 Å². The standard InChI is InChI=1S/C32H49N7O2.C28H41N7O/c1-6-40-18-16-38(17-19-41-7-2)32-12-9-31(10-13-32,11-14-32)23-39-28-8-15-37(22-27(28)25(4)35-39)29-20-24(3)34-30-26(29)21-33-36(30)5;1-5-36-15-13-29-28-10-7-27(8-11-28,9-12-28)19-35-24-6-14-34(18-23(24)21(3)32-35)25-16-20(2)31-26-22(25)17-30-33(26)4/h20-21H,6-19,22-23H2,1-5H3;16-17,29H,5-15,18-19H2,1-4H3. The summed E-state index contributed by atoms with van der Waals surface area (Å²) in [6.45, 7) is 28.6. The van der Waals surface area contributed by atoms with Crippen molar-refractivity contribution in [3.63, 3.8) is 0 Å². The van der Waals surface area contributed by atoms with Crippen molar-refractivity contribution in [1.29, 1.82) is 0 Å². The monoisotopic (exact) mass is 1050 g/mol. The van der Waals surface area contributed by atoms with E-state index >= 15 is 0 Å². The smallest absolute Gasteiger partial charge is 0.159 e. The Balaban J connectivity index is 0.000000165. The molecule has 0 atom stereocenters. The van der Waals surface area contributed by atoms with Gasteiger partial charge in [-0.25, -0.2) is 9.97 Å². The molecule has 6 aliphatic carbocycles. The lowest BCUT2D eigenvalue weighted by molar-refractivity contribution is -0.0771. The minimum atomic E-state index is 0.316. The van der Waals surface area contributed by atoms with Crippen LogP contribution in [-0.4, -0.2) is 137 Å². The third kappa shape index (κ3) is 10.7. The first-order valence-electron chi connectivity index (χ1n) is 29.7. The topological polar surface area (TPSA) is 146 Å². The highest BCUT2D eigenvalue weighted by Gasteiger charge is 2.52. The maximum absolute atomic E-state index is 5.78. The fraction of sp³-hybridized carbons (Fsp3) is 0.700. The van der Waals surface area contributed by atoms with Crippen molar-refractivity contribution in [1.82, 2.24) is 59.3 Å². The summed E-state index contributed by atoms with van der Waals surface area (Å²) in [4.78, 5) is 17.2. The average Bonchev–Trinajstić information content (AvgIpc) is 4.21. The van der Waals surface area contributed by atoms with Crippen molar-refractivity contribution in [2.75, 3.05) is 82.2 Å². The number of nitrogens with one attached hydrogen (secondary N) is 1.